The fourth-order valence-corrected chi connectivity index (χ4v) is 4.69. The predicted octanol–water partition coefficient (Wildman–Crippen LogP) is 0.608. The SMILES string of the molecule is CC(=O)NC[C@H]1[C@H]2C[C@H](CN(C(=O)[C@@H](N)Cc3cnc[nH]3)C2)c2cccc(=O)n21.Cl.Cl. The van der Waals surface area contributed by atoms with Crippen LogP contribution in [0, 0.1) is 5.92 Å². The Kier molecular flexibility index (Phi) is 8.27. The van der Waals surface area contributed by atoms with Gasteiger partial charge in [-0.2, -0.15) is 0 Å². The van der Waals surface area contributed by atoms with Gasteiger partial charge in [0.1, 0.15) is 0 Å². The first-order valence-electron chi connectivity index (χ1n) is 9.91. The molecule has 2 aliphatic heterocycles. The molecule has 0 unspecified atom stereocenters. The van der Waals surface area contributed by atoms with Crippen molar-refractivity contribution in [3.05, 3.63) is 52.5 Å². The van der Waals surface area contributed by atoms with E-state index in [4.69, 9.17) is 5.73 Å². The van der Waals surface area contributed by atoms with E-state index in [9.17, 15) is 14.4 Å². The van der Waals surface area contributed by atoms with E-state index in [0.717, 1.165) is 17.8 Å². The molecule has 4 heterocycles. The molecule has 0 aliphatic carbocycles. The Bertz CT molecular complexity index is 964. The van der Waals surface area contributed by atoms with Crippen molar-refractivity contribution in [1.29, 1.82) is 0 Å². The number of pyridine rings is 1. The third-order valence-corrected chi connectivity index (χ3v) is 5.98. The minimum absolute atomic E-state index is 0. The molecular weight excluding hydrogens is 443 g/mol. The van der Waals surface area contributed by atoms with Crippen molar-refractivity contribution in [1.82, 2.24) is 24.8 Å². The van der Waals surface area contributed by atoms with Crippen LogP contribution in [0.15, 0.2) is 35.5 Å². The Morgan fingerprint density at radius 1 is 1.32 bits per heavy atom. The van der Waals surface area contributed by atoms with Crippen LogP contribution in [-0.4, -0.2) is 56.9 Å². The lowest BCUT2D eigenvalue weighted by Crippen LogP contribution is -2.56. The Balaban J connectivity index is 0.00000171. The van der Waals surface area contributed by atoms with Crippen molar-refractivity contribution in [2.24, 2.45) is 11.7 Å². The molecule has 4 atom stereocenters. The van der Waals surface area contributed by atoms with E-state index < -0.39 is 6.04 Å². The zero-order chi connectivity index (χ0) is 20.5. The smallest absolute Gasteiger partial charge is 0.251 e. The fourth-order valence-electron chi connectivity index (χ4n) is 4.69. The van der Waals surface area contributed by atoms with Gasteiger partial charge in [-0.25, -0.2) is 4.98 Å². The maximum absolute atomic E-state index is 13.0. The molecule has 2 aliphatic rings. The van der Waals surface area contributed by atoms with Gasteiger partial charge in [0.05, 0.1) is 18.4 Å². The van der Waals surface area contributed by atoms with Crippen LogP contribution in [0.4, 0.5) is 0 Å². The Labute approximate surface area is 192 Å². The molecule has 0 spiro atoms. The first-order chi connectivity index (χ1) is 13.9. The Morgan fingerprint density at radius 2 is 2.10 bits per heavy atom. The van der Waals surface area contributed by atoms with E-state index in [-0.39, 0.29) is 60.1 Å². The molecule has 4 N–H and O–H groups in total. The molecule has 11 heteroatoms. The number of imidazole rings is 1. The van der Waals surface area contributed by atoms with Gasteiger partial charge in [-0.05, 0) is 18.4 Å². The number of fused-ring (bicyclic) bond motifs is 4. The number of nitrogens with two attached hydrogens (primary N) is 1. The summed E-state index contributed by atoms with van der Waals surface area (Å²) >= 11 is 0. The van der Waals surface area contributed by atoms with Gasteiger partial charge >= 0.3 is 0 Å². The number of halogens is 2. The number of piperidine rings is 1. The normalized spacial score (nSPS) is 22.4. The molecule has 31 heavy (non-hydrogen) atoms. The molecular formula is C20H28Cl2N6O3. The molecule has 0 saturated carbocycles. The molecule has 1 saturated heterocycles. The number of aromatic amines is 1. The average molecular weight is 471 g/mol. The van der Waals surface area contributed by atoms with Crippen LogP contribution in [0.25, 0.3) is 0 Å². The number of nitrogens with one attached hydrogen (secondary N) is 2. The standard InChI is InChI=1S/C20H26N6O3.2ClH/c1-12(27)23-8-18-14-5-13(17-3-2-4-19(28)26(17)18)9-25(10-14)20(29)16(21)6-15-7-22-11-24-15;;/h2-4,7,11,13-14,16,18H,5-6,8-10,21H2,1H3,(H,22,24)(H,23,27);2*1H/t13-,14+,16+,18+;;/m1../s1. The maximum Gasteiger partial charge on any atom is 0.251 e. The number of carbonyl (C=O) groups excluding carboxylic acids is 2. The van der Waals surface area contributed by atoms with E-state index in [2.05, 4.69) is 15.3 Å². The summed E-state index contributed by atoms with van der Waals surface area (Å²) in [5.74, 6) is -0.0710. The van der Waals surface area contributed by atoms with Gasteiger partial charge < -0.3 is 25.5 Å². The summed E-state index contributed by atoms with van der Waals surface area (Å²) in [6, 6.07) is 4.42. The highest BCUT2D eigenvalue weighted by Crippen LogP contribution is 2.40. The topological polar surface area (TPSA) is 126 Å². The van der Waals surface area contributed by atoms with E-state index in [0.29, 0.717) is 26.1 Å². The highest BCUT2D eigenvalue weighted by Gasteiger charge is 2.42. The lowest BCUT2D eigenvalue weighted by molar-refractivity contribution is -0.136. The van der Waals surface area contributed by atoms with E-state index in [1.54, 1.807) is 29.2 Å². The van der Waals surface area contributed by atoms with Crippen molar-refractivity contribution >= 4 is 36.6 Å². The van der Waals surface area contributed by atoms with Gasteiger partial charge in [0.2, 0.25) is 11.8 Å². The monoisotopic (exact) mass is 470 g/mol. The van der Waals surface area contributed by atoms with Crippen LogP contribution in [0.2, 0.25) is 0 Å². The quantitative estimate of drug-likeness (QED) is 0.589. The molecule has 2 aromatic heterocycles. The van der Waals surface area contributed by atoms with Gasteiger partial charge in [-0.3, -0.25) is 14.4 Å². The number of hydrogen-bond acceptors (Lipinski definition) is 5. The average Bonchev–Trinajstić information content (AvgIpc) is 3.20. The molecule has 0 aromatic carbocycles. The number of aromatic nitrogens is 3. The first kappa shape index (κ1) is 24.9. The number of carbonyl (C=O) groups is 2. The molecule has 2 aromatic rings. The highest BCUT2D eigenvalue weighted by molar-refractivity contribution is 5.85. The van der Waals surface area contributed by atoms with Crippen molar-refractivity contribution in [3.8, 4) is 0 Å². The van der Waals surface area contributed by atoms with Gasteiger partial charge in [0, 0.05) is 62.5 Å². The fraction of sp³-hybridized carbons (Fsp3) is 0.500. The van der Waals surface area contributed by atoms with Crippen molar-refractivity contribution in [2.45, 2.75) is 37.8 Å². The summed E-state index contributed by atoms with van der Waals surface area (Å²) in [4.78, 5) is 45.9. The zero-order valence-electron chi connectivity index (χ0n) is 17.2. The van der Waals surface area contributed by atoms with Gasteiger partial charge in [0.25, 0.3) is 5.56 Å². The van der Waals surface area contributed by atoms with Gasteiger partial charge in [-0.1, -0.05) is 6.07 Å². The van der Waals surface area contributed by atoms with Crippen molar-refractivity contribution in [2.75, 3.05) is 19.6 Å². The van der Waals surface area contributed by atoms with Crippen LogP contribution >= 0.6 is 24.8 Å². The Hall–Kier alpha value is -2.36. The molecule has 2 bridgehead atoms. The summed E-state index contributed by atoms with van der Waals surface area (Å²) in [6.45, 7) is 2.90. The largest absolute Gasteiger partial charge is 0.354 e. The minimum atomic E-state index is -0.652. The molecule has 9 nitrogen and oxygen atoms in total. The third kappa shape index (κ3) is 5.11. The van der Waals surface area contributed by atoms with Crippen LogP contribution in [0.1, 0.15) is 36.7 Å². The van der Waals surface area contributed by atoms with Gasteiger partial charge in [0.15, 0.2) is 0 Å². The van der Waals surface area contributed by atoms with Crippen molar-refractivity contribution in [3.63, 3.8) is 0 Å². The number of rotatable bonds is 5. The zero-order valence-corrected chi connectivity index (χ0v) is 18.8. The maximum atomic E-state index is 13.0. The summed E-state index contributed by atoms with van der Waals surface area (Å²) in [5.41, 5.74) is 7.87. The van der Waals surface area contributed by atoms with Crippen molar-refractivity contribution < 1.29 is 9.59 Å². The summed E-state index contributed by atoms with van der Waals surface area (Å²) in [7, 11) is 0. The minimum Gasteiger partial charge on any atom is -0.354 e. The van der Waals surface area contributed by atoms with Crippen LogP contribution < -0.4 is 16.6 Å². The lowest BCUT2D eigenvalue weighted by Gasteiger charge is -2.47. The second-order valence-corrected chi connectivity index (χ2v) is 7.99. The van der Waals surface area contributed by atoms with E-state index in [1.807, 2.05) is 11.0 Å². The summed E-state index contributed by atoms with van der Waals surface area (Å²) in [6.07, 6.45) is 4.52. The predicted molar refractivity (Wildman–Crippen MR) is 121 cm³/mol. The number of likely N-dealkylation sites (tertiary alicyclic amines) is 1. The Morgan fingerprint density at radius 3 is 2.77 bits per heavy atom. The molecule has 170 valence electrons. The van der Waals surface area contributed by atoms with Crippen LogP contribution in [0.5, 0.6) is 0 Å². The van der Waals surface area contributed by atoms with E-state index >= 15 is 0 Å². The first-order valence-corrected chi connectivity index (χ1v) is 9.91. The number of nitrogens with zero attached hydrogens (tertiary/aromatic N) is 3. The molecule has 1 fully saturated rings. The highest BCUT2D eigenvalue weighted by atomic mass is 35.5. The second-order valence-electron chi connectivity index (χ2n) is 7.99. The number of hydrogen-bond donors (Lipinski definition) is 3. The number of amides is 2. The van der Waals surface area contributed by atoms with Gasteiger partial charge in [-0.15, -0.1) is 24.8 Å². The van der Waals surface area contributed by atoms with Crippen LogP contribution in [0.3, 0.4) is 0 Å². The number of H-pyrrole nitrogens is 1. The summed E-state index contributed by atoms with van der Waals surface area (Å²) < 4.78 is 1.81. The summed E-state index contributed by atoms with van der Waals surface area (Å²) in [5, 5.41) is 2.85. The molecule has 0 radical (unpaired) electrons. The lowest BCUT2D eigenvalue weighted by atomic mass is 9.78. The second kappa shape index (κ2) is 10.3. The molecule has 4 rings (SSSR count). The molecule has 2 amide bonds. The van der Waals surface area contributed by atoms with E-state index in [1.165, 1.54) is 6.92 Å². The third-order valence-electron chi connectivity index (χ3n) is 5.98. The van der Waals surface area contributed by atoms with Crippen LogP contribution in [-0.2, 0) is 16.0 Å².